The van der Waals surface area contributed by atoms with E-state index in [4.69, 9.17) is 5.73 Å². The third-order valence-corrected chi connectivity index (χ3v) is 3.69. The maximum atomic E-state index is 5.66. The molecule has 0 aliphatic heterocycles. The number of nitrogens with two attached hydrogens (primary N) is 1. The van der Waals surface area contributed by atoms with E-state index in [0.29, 0.717) is 12.0 Å². The quantitative estimate of drug-likeness (QED) is 0.750. The Bertz CT molecular complexity index is 244. The van der Waals surface area contributed by atoms with Gasteiger partial charge in [-0.25, -0.2) is 4.98 Å². The van der Waals surface area contributed by atoms with Crippen LogP contribution in [0.25, 0.3) is 0 Å². The second kappa shape index (κ2) is 6.93. The number of rotatable bonds is 7. The van der Waals surface area contributed by atoms with Crippen molar-refractivity contribution in [1.82, 2.24) is 10.3 Å². The minimum absolute atomic E-state index is 0.361. The maximum Gasteiger partial charge on any atom is 0.109 e. The van der Waals surface area contributed by atoms with E-state index >= 15 is 0 Å². The van der Waals surface area contributed by atoms with Gasteiger partial charge in [-0.2, -0.15) is 0 Å². The van der Waals surface area contributed by atoms with Crippen LogP contribution in [-0.4, -0.2) is 18.1 Å². The highest BCUT2D eigenvalue weighted by Crippen LogP contribution is 2.15. The Balaban J connectivity index is 2.20. The highest BCUT2D eigenvalue weighted by molar-refractivity contribution is 7.09. The van der Waals surface area contributed by atoms with Gasteiger partial charge in [-0.3, -0.25) is 0 Å². The zero-order valence-corrected chi connectivity index (χ0v) is 10.4. The van der Waals surface area contributed by atoms with E-state index in [1.807, 2.05) is 11.6 Å². The van der Waals surface area contributed by atoms with E-state index in [2.05, 4.69) is 24.1 Å². The molecule has 1 rings (SSSR count). The second-order valence-corrected chi connectivity index (χ2v) is 4.77. The fourth-order valence-electron chi connectivity index (χ4n) is 1.53. The van der Waals surface area contributed by atoms with E-state index in [1.54, 1.807) is 11.3 Å². The summed E-state index contributed by atoms with van der Waals surface area (Å²) in [7, 11) is 0. The number of nitrogens with zero attached hydrogens (tertiary/aromatic N) is 1. The van der Waals surface area contributed by atoms with Crippen molar-refractivity contribution < 1.29 is 0 Å². The van der Waals surface area contributed by atoms with Crippen LogP contribution in [0, 0.1) is 5.92 Å². The normalized spacial score (nSPS) is 15.1. The van der Waals surface area contributed by atoms with Crippen LogP contribution in [0.15, 0.2) is 11.6 Å². The third-order valence-electron chi connectivity index (χ3n) is 2.74. The number of hydrogen-bond donors (Lipinski definition) is 2. The smallest absolute Gasteiger partial charge is 0.109 e. The minimum atomic E-state index is 0.361. The van der Waals surface area contributed by atoms with Crippen LogP contribution in [0.5, 0.6) is 0 Å². The first kappa shape index (κ1) is 12.6. The second-order valence-electron chi connectivity index (χ2n) is 3.84. The van der Waals surface area contributed by atoms with Gasteiger partial charge in [-0.05, 0) is 32.4 Å². The lowest BCUT2D eigenvalue weighted by atomic mass is 10.0. The Morgan fingerprint density at radius 1 is 1.60 bits per heavy atom. The summed E-state index contributed by atoms with van der Waals surface area (Å²) in [6.07, 6.45) is 4.18. The first-order chi connectivity index (χ1) is 7.27. The molecule has 0 aliphatic carbocycles. The third kappa shape index (κ3) is 4.28. The standard InChI is InChI=1S/C11H21N3S/c1-3-10(8-12)4-5-13-9(2)11-14-6-7-15-11/h6-7,9-10,13H,3-5,8,12H2,1-2H3. The molecule has 2 atom stereocenters. The van der Waals surface area contributed by atoms with Gasteiger partial charge in [0.15, 0.2) is 0 Å². The summed E-state index contributed by atoms with van der Waals surface area (Å²) < 4.78 is 0. The van der Waals surface area contributed by atoms with Crippen LogP contribution >= 0.6 is 11.3 Å². The lowest BCUT2D eigenvalue weighted by molar-refractivity contribution is 0.441. The summed E-state index contributed by atoms with van der Waals surface area (Å²) in [4.78, 5) is 4.29. The summed E-state index contributed by atoms with van der Waals surface area (Å²) in [6.45, 7) is 6.17. The van der Waals surface area contributed by atoms with Crippen molar-refractivity contribution in [2.45, 2.75) is 32.7 Å². The van der Waals surface area contributed by atoms with E-state index in [0.717, 1.165) is 24.5 Å². The molecule has 86 valence electrons. The van der Waals surface area contributed by atoms with Crippen molar-refractivity contribution in [2.75, 3.05) is 13.1 Å². The van der Waals surface area contributed by atoms with Crippen LogP contribution in [0.4, 0.5) is 0 Å². The van der Waals surface area contributed by atoms with Crippen molar-refractivity contribution in [2.24, 2.45) is 11.7 Å². The van der Waals surface area contributed by atoms with E-state index < -0.39 is 0 Å². The fourth-order valence-corrected chi connectivity index (χ4v) is 2.20. The molecule has 3 nitrogen and oxygen atoms in total. The van der Waals surface area contributed by atoms with Crippen LogP contribution in [0.3, 0.4) is 0 Å². The number of hydrogen-bond acceptors (Lipinski definition) is 4. The van der Waals surface area contributed by atoms with Gasteiger partial charge in [0.05, 0.1) is 6.04 Å². The summed E-state index contributed by atoms with van der Waals surface area (Å²) in [5, 5.41) is 6.66. The molecule has 0 bridgehead atoms. The largest absolute Gasteiger partial charge is 0.330 e. The molecule has 1 heterocycles. The molecular formula is C11H21N3S. The lowest BCUT2D eigenvalue weighted by Gasteiger charge is -2.15. The van der Waals surface area contributed by atoms with Gasteiger partial charge in [-0.15, -0.1) is 11.3 Å². The number of nitrogens with one attached hydrogen (secondary N) is 1. The SMILES string of the molecule is CCC(CN)CCNC(C)c1nccs1. The molecular weight excluding hydrogens is 206 g/mol. The van der Waals surface area contributed by atoms with Crippen LogP contribution in [-0.2, 0) is 0 Å². The van der Waals surface area contributed by atoms with Crippen molar-refractivity contribution in [1.29, 1.82) is 0 Å². The van der Waals surface area contributed by atoms with Gasteiger partial charge in [-0.1, -0.05) is 13.3 Å². The predicted octanol–water partition coefficient (Wildman–Crippen LogP) is 2.17. The van der Waals surface area contributed by atoms with Crippen LogP contribution < -0.4 is 11.1 Å². The Kier molecular flexibility index (Phi) is 5.83. The van der Waals surface area contributed by atoms with Crippen molar-refractivity contribution in [3.63, 3.8) is 0 Å². The fraction of sp³-hybridized carbons (Fsp3) is 0.727. The molecule has 0 spiro atoms. The van der Waals surface area contributed by atoms with Crippen molar-refractivity contribution in [3.8, 4) is 0 Å². The molecule has 0 fully saturated rings. The zero-order valence-electron chi connectivity index (χ0n) is 9.57. The van der Waals surface area contributed by atoms with Gasteiger partial charge in [0.25, 0.3) is 0 Å². The summed E-state index contributed by atoms with van der Waals surface area (Å²) in [5.74, 6) is 0.654. The van der Waals surface area contributed by atoms with Crippen LogP contribution in [0.2, 0.25) is 0 Å². The average molecular weight is 227 g/mol. The van der Waals surface area contributed by atoms with Gasteiger partial charge >= 0.3 is 0 Å². The van der Waals surface area contributed by atoms with E-state index in [9.17, 15) is 0 Å². The molecule has 0 saturated carbocycles. The van der Waals surface area contributed by atoms with E-state index in [-0.39, 0.29) is 0 Å². The van der Waals surface area contributed by atoms with Gasteiger partial charge in [0.2, 0.25) is 0 Å². The Morgan fingerprint density at radius 2 is 2.40 bits per heavy atom. The van der Waals surface area contributed by atoms with E-state index in [1.165, 1.54) is 6.42 Å². The van der Waals surface area contributed by atoms with Gasteiger partial charge in [0.1, 0.15) is 5.01 Å². The predicted molar refractivity (Wildman–Crippen MR) is 66.0 cm³/mol. The molecule has 0 aliphatic rings. The molecule has 0 amide bonds. The van der Waals surface area contributed by atoms with Gasteiger partial charge in [0, 0.05) is 11.6 Å². The highest BCUT2D eigenvalue weighted by Gasteiger charge is 2.08. The molecule has 4 heteroatoms. The molecule has 15 heavy (non-hydrogen) atoms. The number of thiazole rings is 1. The Hall–Kier alpha value is -0.450. The lowest BCUT2D eigenvalue weighted by Crippen LogP contribution is -2.24. The maximum absolute atomic E-state index is 5.66. The Labute approximate surface area is 96.1 Å². The summed E-state index contributed by atoms with van der Waals surface area (Å²) >= 11 is 1.70. The highest BCUT2D eigenvalue weighted by atomic mass is 32.1. The number of aromatic nitrogens is 1. The first-order valence-corrected chi connectivity index (χ1v) is 6.48. The molecule has 1 aromatic rings. The minimum Gasteiger partial charge on any atom is -0.330 e. The van der Waals surface area contributed by atoms with Gasteiger partial charge < -0.3 is 11.1 Å². The molecule has 1 aromatic heterocycles. The van der Waals surface area contributed by atoms with Crippen LogP contribution in [0.1, 0.15) is 37.7 Å². The summed E-state index contributed by atoms with van der Waals surface area (Å²) in [6, 6.07) is 0.361. The summed E-state index contributed by atoms with van der Waals surface area (Å²) in [5.41, 5.74) is 5.66. The molecule has 2 unspecified atom stereocenters. The molecule has 0 aromatic carbocycles. The van der Waals surface area contributed by atoms with Crippen molar-refractivity contribution in [3.05, 3.63) is 16.6 Å². The average Bonchev–Trinajstić information content (AvgIpc) is 2.77. The van der Waals surface area contributed by atoms with Crippen molar-refractivity contribution >= 4 is 11.3 Å². The molecule has 0 saturated heterocycles. The first-order valence-electron chi connectivity index (χ1n) is 5.60. The topological polar surface area (TPSA) is 50.9 Å². The molecule has 3 N–H and O–H groups in total. The Morgan fingerprint density at radius 3 is 2.93 bits per heavy atom. The monoisotopic (exact) mass is 227 g/mol. The molecule has 0 radical (unpaired) electrons. The zero-order chi connectivity index (χ0) is 11.1.